The lowest BCUT2D eigenvalue weighted by Crippen LogP contribution is -2.35. The molecule has 2 amide bonds. The third kappa shape index (κ3) is 4.69. The molecule has 8 heteroatoms. The second-order valence-electron chi connectivity index (χ2n) is 7.55. The third-order valence-electron chi connectivity index (χ3n) is 5.25. The Labute approximate surface area is 185 Å². The van der Waals surface area contributed by atoms with Gasteiger partial charge in [0.1, 0.15) is 5.25 Å². The first kappa shape index (κ1) is 21.2. The highest BCUT2D eigenvalue weighted by Crippen LogP contribution is 2.40. The molecule has 2 aromatic carbocycles. The van der Waals surface area contributed by atoms with Gasteiger partial charge in [0.2, 0.25) is 11.8 Å². The minimum absolute atomic E-state index is 0.0395. The number of hydrogen-bond acceptors (Lipinski definition) is 6. The number of para-hydroxylation sites is 1. The van der Waals surface area contributed by atoms with E-state index in [1.54, 1.807) is 37.3 Å². The summed E-state index contributed by atoms with van der Waals surface area (Å²) in [4.78, 5) is 32.3. The first-order valence-corrected chi connectivity index (χ1v) is 11.0. The van der Waals surface area contributed by atoms with E-state index in [4.69, 9.17) is 14.5 Å². The van der Waals surface area contributed by atoms with Gasteiger partial charge in [-0.05, 0) is 43.5 Å². The standard InChI is InChI=1S/C23H25N3O4S/c1-14-6-4-5-7-17(14)25-23-26(16-9-10-16)22(28)20(31-23)13-21(27)24-15-8-11-18(29-2)19(12-15)30-3/h4-8,11-12,16,20H,9-10,13H2,1-3H3,(H,24,27)/t20-/m0/s1. The van der Waals surface area contributed by atoms with Crippen molar-refractivity contribution in [3.8, 4) is 11.5 Å². The lowest BCUT2D eigenvalue weighted by atomic mass is 10.2. The normalized spacial score (nSPS) is 19.6. The molecular weight excluding hydrogens is 414 g/mol. The van der Waals surface area contributed by atoms with E-state index in [-0.39, 0.29) is 24.3 Å². The average Bonchev–Trinajstić information content (AvgIpc) is 3.55. The number of aliphatic imine (C=N–C) groups is 1. The van der Waals surface area contributed by atoms with Crippen LogP contribution in [0.15, 0.2) is 47.5 Å². The maximum atomic E-state index is 13.1. The molecule has 1 N–H and O–H groups in total. The molecule has 1 heterocycles. The van der Waals surface area contributed by atoms with Crippen molar-refractivity contribution in [2.45, 2.75) is 37.5 Å². The Hall–Kier alpha value is -3.00. The molecule has 0 spiro atoms. The van der Waals surface area contributed by atoms with Crippen molar-refractivity contribution >= 4 is 40.1 Å². The SMILES string of the molecule is COc1ccc(NC(=O)C[C@@H]2SC(=Nc3ccccc3C)N(C3CC3)C2=O)cc1OC. The van der Waals surface area contributed by atoms with Gasteiger partial charge in [0, 0.05) is 24.2 Å². The van der Waals surface area contributed by atoms with E-state index in [0.717, 1.165) is 24.1 Å². The number of amidine groups is 1. The van der Waals surface area contributed by atoms with Crippen LogP contribution in [0.25, 0.3) is 0 Å². The number of thioether (sulfide) groups is 1. The van der Waals surface area contributed by atoms with E-state index >= 15 is 0 Å². The summed E-state index contributed by atoms with van der Waals surface area (Å²) in [6.07, 6.45) is 2.03. The zero-order chi connectivity index (χ0) is 22.0. The molecule has 2 fully saturated rings. The molecule has 0 bridgehead atoms. The third-order valence-corrected chi connectivity index (χ3v) is 6.40. The number of rotatable bonds is 7. The summed E-state index contributed by atoms with van der Waals surface area (Å²) in [6.45, 7) is 2.00. The number of amides is 2. The smallest absolute Gasteiger partial charge is 0.242 e. The summed E-state index contributed by atoms with van der Waals surface area (Å²) in [5.74, 6) is 0.839. The van der Waals surface area contributed by atoms with E-state index in [2.05, 4.69) is 5.32 Å². The van der Waals surface area contributed by atoms with Crippen LogP contribution in [0.3, 0.4) is 0 Å². The first-order chi connectivity index (χ1) is 15.0. The molecule has 2 aliphatic rings. The zero-order valence-corrected chi connectivity index (χ0v) is 18.6. The predicted octanol–water partition coefficient (Wildman–Crippen LogP) is 4.13. The van der Waals surface area contributed by atoms with Crippen LogP contribution in [0.2, 0.25) is 0 Å². The summed E-state index contributed by atoms with van der Waals surface area (Å²) < 4.78 is 10.5. The summed E-state index contributed by atoms with van der Waals surface area (Å²) >= 11 is 1.37. The summed E-state index contributed by atoms with van der Waals surface area (Å²) in [5.41, 5.74) is 2.48. The molecule has 1 saturated carbocycles. The topological polar surface area (TPSA) is 80.2 Å². The number of anilines is 1. The van der Waals surface area contributed by atoms with Gasteiger partial charge in [-0.2, -0.15) is 0 Å². The van der Waals surface area contributed by atoms with Gasteiger partial charge >= 0.3 is 0 Å². The van der Waals surface area contributed by atoms with Gasteiger partial charge < -0.3 is 14.8 Å². The molecular formula is C23H25N3O4S. The second-order valence-corrected chi connectivity index (χ2v) is 8.72. The number of carbonyl (C=O) groups is 2. The highest BCUT2D eigenvalue weighted by molar-refractivity contribution is 8.15. The first-order valence-electron chi connectivity index (χ1n) is 10.2. The van der Waals surface area contributed by atoms with Gasteiger partial charge in [-0.25, -0.2) is 4.99 Å². The van der Waals surface area contributed by atoms with Gasteiger partial charge in [0.25, 0.3) is 0 Å². The predicted molar refractivity (Wildman–Crippen MR) is 122 cm³/mol. The number of methoxy groups -OCH3 is 2. The van der Waals surface area contributed by atoms with Crippen molar-refractivity contribution < 1.29 is 19.1 Å². The van der Waals surface area contributed by atoms with Crippen molar-refractivity contribution in [3.05, 3.63) is 48.0 Å². The van der Waals surface area contributed by atoms with Crippen molar-refractivity contribution in [2.75, 3.05) is 19.5 Å². The quantitative estimate of drug-likeness (QED) is 0.702. The molecule has 0 unspecified atom stereocenters. The lowest BCUT2D eigenvalue weighted by Gasteiger charge is -2.15. The van der Waals surface area contributed by atoms with Crippen LogP contribution < -0.4 is 14.8 Å². The van der Waals surface area contributed by atoms with Crippen LogP contribution in [0.4, 0.5) is 11.4 Å². The number of nitrogens with one attached hydrogen (secondary N) is 1. The Morgan fingerprint density at radius 3 is 2.58 bits per heavy atom. The largest absolute Gasteiger partial charge is 0.493 e. The molecule has 1 saturated heterocycles. The maximum Gasteiger partial charge on any atom is 0.242 e. The molecule has 7 nitrogen and oxygen atoms in total. The molecule has 4 rings (SSSR count). The van der Waals surface area contributed by atoms with Crippen molar-refractivity contribution in [2.24, 2.45) is 4.99 Å². The molecule has 1 atom stereocenters. The number of nitrogens with zero attached hydrogens (tertiary/aromatic N) is 2. The zero-order valence-electron chi connectivity index (χ0n) is 17.8. The maximum absolute atomic E-state index is 13.1. The van der Waals surface area contributed by atoms with Gasteiger partial charge in [-0.15, -0.1) is 0 Å². The van der Waals surface area contributed by atoms with E-state index in [9.17, 15) is 9.59 Å². The highest BCUT2D eigenvalue weighted by Gasteiger charge is 2.46. The minimum Gasteiger partial charge on any atom is -0.493 e. The Bertz CT molecular complexity index is 1040. The fourth-order valence-electron chi connectivity index (χ4n) is 3.45. The Balaban J connectivity index is 1.48. The summed E-state index contributed by atoms with van der Waals surface area (Å²) in [7, 11) is 3.10. The fourth-order valence-corrected chi connectivity index (χ4v) is 4.66. The van der Waals surface area contributed by atoms with Crippen LogP contribution in [0.5, 0.6) is 11.5 Å². The van der Waals surface area contributed by atoms with Crippen LogP contribution >= 0.6 is 11.8 Å². The molecule has 1 aliphatic carbocycles. The summed E-state index contributed by atoms with van der Waals surface area (Å²) in [5, 5.41) is 3.05. The summed E-state index contributed by atoms with van der Waals surface area (Å²) in [6, 6.07) is 13.2. The van der Waals surface area contributed by atoms with Crippen LogP contribution in [0, 0.1) is 6.92 Å². The molecule has 2 aromatic rings. The monoisotopic (exact) mass is 439 g/mol. The number of aryl methyl sites for hydroxylation is 1. The van der Waals surface area contributed by atoms with Gasteiger partial charge in [-0.3, -0.25) is 14.5 Å². The van der Waals surface area contributed by atoms with E-state index < -0.39 is 5.25 Å². The molecule has 1 aliphatic heterocycles. The lowest BCUT2D eigenvalue weighted by molar-refractivity contribution is -0.128. The second kappa shape index (κ2) is 9.01. The molecule has 0 radical (unpaired) electrons. The van der Waals surface area contributed by atoms with Gasteiger partial charge in [-0.1, -0.05) is 30.0 Å². The van der Waals surface area contributed by atoms with Crippen molar-refractivity contribution in [1.82, 2.24) is 4.90 Å². The fraction of sp³-hybridized carbons (Fsp3) is 0.348. The van der Waals surface area contributed by atoms with Crippen molar-refractivity contribution in [3.63, 3.8) is 0 Å². The van der Waals surface area contributed by atoms with Crippen LogP contribution in [-0.4, -0.2) is 47.4 Å². The Kier molecular flexibility index (Phi) is 6.18. The van der Waals surface area contributed by atoms with Gasteiger partial charge in [0.05, 0.1) is 19.9 Å². The number of carbonyl (C=O) groups excluding carboxylic acids is 2. The highest BCUT2D eigenvalue weighted by atomic mass is 32.2. The number of benzene rings is 2. The number of ether oxygens (including phenoxy) is 2. The number of hydrogen-bond donors (Lipinski definition) is 1. The Morgan fingerprint density at radius 1 is 1.16 bits per heavy atom. The van der Waals surface area contributed by atoms with Crippen LogP contribution in [0.1, 0.15) is 24.8 Å². The van der Waals surface area contributed by atoms with E-state index in [0.29, 0.717) is 22.4 Å². The van der Waals surface area contributed by atoms with Crippen LogP contribution in [-0.2, 0) is 9.59 Å². The molecule has 0 aromatic heterocycles. The average molecular weight is 440 g/mol. The molecule has 31 heavy (non-hydrogen) atoms. The van der Waals surface area contributed by atoms with Gasteiger partial charge in [0.15, 0.2) is 16.7 Å². The van der Waals surface area contributed by atoms with E-state index in [1.165, 1.54) is 11.8 Å². The van der Waals surface area contributed by atoms with Crippen molar-refractivity contribution in [1.29, 1.82) is 0 Å². The Morgan fingerprint density at radius 2 is 1.90 bits per heavy atom. The van der Waals surface area contributed by atoms with E-state index in [1.807, 2.05) is 31.2 Å². The molecule has 162 valence electrons. The minimum atomic E-state index is -0.483.